The lowest BCUT2D eigenvalue weighted by Gasteiger charge is -2.30. The van der Waals surface area contributed by atoms with Gasteiger partial charge in [-0.2, -0.15) is 5.26 Å². The summed E-state index contributed by atoms with van der Waals surface area (Å²) in [5.41, 5.74) is 0. The molecule has 1 radical (unpaired) electrons. The second kappa shape index (κ2) is 5.13. The average molecular weight is 167 g/mol. The summed E-state index contributed by atoms with van der Waals surface area (Å²) in [6.07, 6.45) is 2.79. The number of hydrogen-bond acceptors (Lipinski definition) is 2. The average Bonchev–Trinajstić information content (AvgIpc) is 2.15. The van der Waals surface area contributed by atoms with Crippen LogP contribution in [0, 0.1) is 17.2 Å². The predicted molar refractivity (Wildman–Crippen MR) is 44.9 cm³/mol. The van der Waals surface area contributed by atoms with Crippen molar-refractivity contribution in [1.29, 1.82) is 5.26 Å². The fraction of sp³-hybridized carbons (Fsp3) is 0.889. The Morgan fingerprint density at radius 1 is 1.58 bits per heavy atom. The molecule has 0 aromatic carbocycles. The summed E-state index contributed by atoms with van der Waals surface area (Å²) in [7, 11) is 0. The Morgan fingerprint density at radius 3 is 3.08 bits per heavy atom. The topological polar surface area (TPSA) is 46.9 Å². The second-order valence-electron chi connectivity index (χ2n) is 3.38. The minimum absolute atomic E-state index is 0.0447. The first-order chi connectivity index (χ1) is 5.86. The van der Waals surface area contributed by atoms with E-state index in [-0.39, 0.29) is 6.61 Å². The van der Waals surface area contributed by atoms with Gasteiger partial charge in [0.2, 0.25) is 0 Å². The Labute approximate surface area is 73.6 Å². The zero-order chi connectivity index (χ0) is 8.81. The largest absolute Gasteiger partial charge is 0.302 e. The number of piperidine rings is 1. The molecule has 0 N–H and O–H groups in total. The molecule has 1 fully saturated rings. The van der Waals surface area contributed by atoms with Crippen molar-refractivity contribution in [2.24, 2.45) is 5.92 Å². The Hall–Kier alpha value is -0.590. The maximum atomic E-state index is 10.6. The lowest BCUT2D eigenvalue weighted by molar-refractivity contribution is 0.0837. The van der Waals surface area contributed by atoms with Crippen LogP contribution in [0.3, 0.4) is 0 Å². The zero-order valence-electron chi connectivity index (χ0n) is 7.33. The van der Waals surface area contributed by atoms with E-state index in [4.69, 9.17) is 5.26 Å². The molecule has 0 aliphatic carbocycles. The van der Waals surface area contributed by atoms with E-state index in [1.54, 1.807) is 0 Å². The molecule has 0 amide bonds. The van der Waals surface area contributed by atoms with Gasteiger partial charge in [0, 0.05) is 19.5 Å². The second-order valence-corrected chi connectivity index (χ2v) is 3.38. The lowest BCUT2D eigenvalue weighted by Crippen LogP contribution is -2.37. The summed E-state index contributed by atoms with van der Waals surface area (Å²) in [4.78, 5) is 2.23. The van der Waals surface area contributed by atoms with Crippen LogP contribution in [0.5, 0.6) is 0 Å². The zero-order valence-corrected chi connectivity index (χ0v) is 7.33. The molecular formula is C9H15N2O. The highest BCUT2D eigenvalue weighted by molar-refractivity contribution is 4.77. The van der Waals surface area contributed by atoms with E-state index in [1.807, 2.05) is 0 Å². The van der Waals surface area contributed by atoms with Crippen LogP contribution in [0.2, 0.25) is 0 Å². The minimum Gasteiger partial charge on any atom is -0.302 e. The fourth-order valence-corrected chi connectivity index (χ4v) is 1.70. The van der Waals surface area contributed by atoms with Crippen molar-refractivity contribution in [3.05, 3.63) is 0 Å². The van der Waals surface area contributed by atoms with E-state index >= 15 is 0 Å². The molecule has 1 aliphatic heterocycles. The molecule has 3 nitrogen and oxygen atoms in total. The number of hydrogen-bond donors (Lipinski definition) is 0. The van der Waals surface area contributed by atoms with Crippen LogP contribution in [0.15, 0.2) is 0 Å². The van der Waals surface area contributed by atoms with Crippen LogP contribution in [0.1, 0.15) is 19.3 Å². The molecule has 0 spiro atoms. The first-order valence-corrected chi connectivity index (χ1v) is 4.54. The van der Waals surface area contributed by atoms with E-state index < -0.39 is 0 Å². The van der Waals surface area contributed by atoms with Gasteiger partial charge in [-0.05, 0) is 25.3 Å². The third-order valence-corrected chi connectivity index (χ3v) is 2.38. The summed E-state index contributed by atoms with van der Waals surface area (Å²) in [6, 6.07) is 2.13. The summed E-state index contributed by atoms with van der Waals surface area (Å²) in [5.74, 6) is 0.331. The van der Waals surface area contributed by atoms with Crippen LogP contribution >= 0.6 is 0 Å². The van der Waals surface area contributed by atoms with Crippen molar-refractivity contribution in [1.82, 2.24) is 4.90 Å². The molecule has 12 heavy (non-hydrogen) atoms. The first kappa shape index (κ1) is 9.50. The van der Waals surface area contributed by atoms with Crippen molar-refractivity contribution in [2.45, 2.75) is 19.3 Å². The van der Waals surface area contributed by atoms with Crippen LogP contribution < -0.4 is 0 Å². The van der Waals surface area contributed by atoms with Gasteiger partial charge in [-0.15, -0.1) is 0 Å². The molecule has 1 rings (SSSR count). The van der Waals surface area contributed by atoms with Gasteiger partial charge in [0.25, 0.3) is 0 Å². The summed E-state index contributed by atoms with van der Waals surface area (Å²) in [6.45, 7) is 2.86. The number of rotatable bonds is 3. The smallest absolute Gasteiger partial charge is 0.0862 e. The Bertz CT molecular complexity index is 164. The van der Waals surface area contributed by atoms with Gasteiger partial charge in [-0.1, -0.05) is 0 Å². The molecule has 0 aromatic heterocycles. The molecule has 67 valence electrons. The third kappa shape index (κ3) is 2.80. The highest BCUT2D eigenvalue weighted by Crippen LogP contribution is 2.15. The molecule has 1 saturated heterocycles. The first-order valence-electron chi connectivity index (χ1n) is 4.54. The van der Waals surface area contributed by atoms with E-state index in [0.717, 1.165) is 32.5 Å². The molecule has 1 heterocycles. The number of nitrogens with zero attached hydrogens (tertiary/aromatic N) is 2. The monoisotopic (exact) mass is 167 g/mol. The van der Waals surface area contributed by atoms with Crippen LogP contribution in [0.4, 0.5) is 0 Å². The van der Waals surface area contributed by atoms with Gasteiger partial charge in [0.1, 0.15) is 0 Å². The quantitative estimate of drug-likeness (QED) is 0.630. The van der Waals surface area contributed by atoms with Crippen molar-refractivity contribution in [3.8, 4) is 6.07 Å². The van der Waals surface area contributed by atoms with Crippen molar-refractivity contribution in [3.63, 3.8) is 0 Å². The normalized spacial score (nSPS) is 25.2. The minimum atomic E-state index is 0.0447. The SMILES string of the molecule is N#CCCN1CCCC(C[O])C1. The Morgan fingerprint density at radius 2 is 2.42 bits per heavy atom. The van der Waals surface area contributed by atoms with E-state index in [9.17, 15) is 5.11 Å². The van der Waals surface area contributed by atoms with Crippen LogP contribution in [-0.4, -0.2) is 31.1 Å². The summed E-state index contributed by atoms with van der Waals surface area (Å²) in [5, 5.41) is 19.0. The van der Waals surface area contributed by atoms with Gasteiger partial charge >= 0.3 is 0 Å². The Kier molecular flexibility index (Phi) is 4.06. The standard InChI is InChI=1S/C9H15N2O/c10-4-2-6-11-5-1-3-9(7-11)8-12/h9H,1-3,5-8H2. The van der Waals surface area contributed by atoms with Gasteiger partial charge < -0.3 is 4.90 Å². The molecule has 1 aliphatic rings. The summed E-state index contributed by atoms with van der Waals surface area (Å²) >= 11 is 0. The summed E-state index contributed by atoms with van der Waals surface area (Å²) < 4.78 is 0. The molecular weight excluding hydrogens is 152 g/mol. The molecule has 1 atom stereocenters. The molecule has 0 saturated carbocycles. The lowest BCUT2D eigenvalue weighted by atomic mass is 9.99. The molecule has 1 unspecified atom stereocenters. The van der Waals surface area contributed by atoms with Crippen LogP contribution in [-0.2, 0) is 5.11 Å². The van der Waals surface area contributed by atoms with E-state index in [1.165, 1.54) is 0 Å². The molecule has 0 aromatic rings. The van der Waals surface area contributed by atoms with Gasteiger partial charge in [0.15, 0.2) is 0 Å². The number of nitriles is 1. The third-order valence-electron chi connectivity index (χ3n) is 2.38. The maximum absolute atomic E-state index is 10.6. The number of likely N-dealkylation sites (tertiary alicyclic amines) is 1. The highest BCUT2D eigenvalue weighted by Gasteiger charge is 2.18. The van der Waals surface area contributed by atoms with Gasteiger partial charge in [-0.25, -0.2) is 5.11 Å². The van der Waals surface area contributed by atoms with Crippen LogP contribution in [0.25, 0.3) is 0 Å². The van der Waals surface area contributed by atoms with E-state index in [2.05, 4.69) is 11.0 Å². The molecule has 3 heteroatoms. The van der Waals surface area contributed by atoms with Gasteiger partial charge in [-0.3, -0.25) is 0 Å². The van der Waals surface area contributed by atoms with Crippen molar-refractivity contribution in [2.75, 3.05) is 26.2 Å². The fourth-order valence-electron chi connectivity index (χ4n) is 1.70. The predicted octanol–water partition coefficient (Wildman–Crippen LogP) is 1.04. The molecule has 0 bridgehead atoms. The maximum Gasteiger partial charge on any atom is 0.0862 e. The Balaban J connectivity index is 2.22. The highest BCUT2D eigenvalue weighted by atomic mass is 16.3. The van der Waals surface area contributed by atoms with E-state index in [0.29, 0.717) is 12.3 Å². The van der Waals surface area contributed by atoms with Gasteiger partial charge in [0.05, 0.1) is 12.7 Å². The van der Waals surface area contributed by atoms with Crippen molar-refractivity contribution < 1.29 is 5.11 Å². The van der Waals surface area contributed by atoms with Crippen molar-refractivity contribution >= 4 is 0 Å².